The summed E-state index contributed by atoms with van der Waals surface area (Å²) in [6.45, 7) is 7.86. The zero-order valence-corrected chi connectivity index (χ0v) is 78.7. The predicted molar refractivity (Wildman–Crippen MR) is 496 cm³/mol. The van der Waals surface area contributed by atoms with Gasteiger partial charge in [0, 0.05) is 88.8 Å². The molecular weight excluding hydrogens is 1800 g/mol. The number of hydrogen-bond donors (Lipinski definition) is 19. The standard InChI is InChI=1S/C96H129N11O29S/c1-8-53(4)86(82(121)41-61(35-58-22-27-65(112)28-23-58)89(130)102-74(34-52(2)3)78(117)39-62(43-84(124)125)88(129)101-54(5)16-14-32-99-96(97)98)106-91(132)64(48-108)42-79(118)75(37-59-24-29-66(113)30-25-59)103-90(131)63(44-85(126)127)40-80(119)77(49-109)105-93(134)73(56(7)111)46-81(120)76(36-57-17-10-9-11-18-57)104-92(133)72(55(6)110)45-68(115)47-100-87(128)60(26-31-83(122)123)38-69(116)51-137-50-67(114)19-15-33-107-94(135)70-20-12-13-21-71(70)95(107)136/h9-13,17-18,20-25,27-30,52-56,60-64,72-77,86,108-113H,8,14-16,19,26,31-51H2,1-7H3,(H,100,128)(H,101,129)(H,102,130)(H,103,131)(H,104,133)(H,105,134)(H,106,132)(H,122,123)(H,124,125)(H,126,127)(H4,97,98,99)/t53-,54+,55+,56+,60+,61+,62-,63-,64-,72-,73-,74-,75-,76-,77-,86-/m0/s1. The number of phenolic OH excluding ortho intramolecular Hbond substituents is 2. The maximum absolute atomic E-state index is 14.9. The molecule has 5 rings (SSSR count). The summed E-state index contributed by atoms with van der Waals surface area (Å²) in [5.41, 5.74) is 6.98. The Morgan fingerprint density at radius 1 is 0.423 bits per heavy atom. The first-order chi connectivity index (χ1) is 64.7. The van der Waals surface area contributed by atoms with Crippen LogP contribution >= 0.6 is 11.8 Å². The molecule has 41 heteroatoms. The maximum atomic E-state index is 14.9. The average molecular weight is 1930 g/mol. The number of benzene rings is 4. The summed E-state index contributed by atoms with van der Waals surface area (Å²) in [7, 11) is 0. The van der Waals surface area contributed by atoms with Gasteiger partial charge in [0.2, 0.25) is 41.4 Å². The summed E-state index contributed by atoms with van der Waals surface area (Å²) in [5, 5.41) is 121. The second-order valence-electron chi connectivity index (χ2n) is 35.2. The van der Waals surface area contributed by atoms with Crippen LogP contribution in [0.2, 0.25) is 0 Å². The lowest BCUT2D eigenvalue weighted by Gasteiger charge is -2.28. The molecule has 748 valence electrons. The molecule has 0 unspecified atom stereocenters. The van der Waals surface area contributed by atoms with Crippen LogP contribution < -0.4 is 48.3 Å². The quantitative estimate of drug-likeness (QED) is 0.0131. The Balaban J connectivity index is 1.28. The second kappa shape index (κ2) is 57.9. The van der Waals surface area contributed by atoms with E-state index in [1.807, 2.05) is 0 Å². The number of guanidine groups is 1. The third-order valence-corrected chi connectivity index (χ3v) is 24.5. The monoisotopic (exact) mass is 1930 g/mol. The number of nitrogens with two attached hydrogens (primary N) is 1. The molecule has 1 aliphatic rings. The lowest BCUT2D eigenvalue weighted by molar-refractivity contribution is -0.143. The van der Waals surface area contributed by atoms with Crippen molar-refractivity contribution in [2.45, 2.75) is 225 Å². The molecule has 4 aromatic carbocycles. The number of fused-ring (bicyclic) bond motifs is 1. The molecule has 4 aromatic rings. The van der Waals surface area contributed by atoms with Crippen molar-refractivity contribution in [3.63, 3.8) is 0 Å². The molecular formula is C96H129N11O29S. The van der Waals surface area contributed by atoms with E-state index in [1.54, 1.807) is 77.1 Å². The number of hydrogen-bond acceptors (Lipinski definition) is 28. The molecule has 0 fully saturated rings. The van der Waals surface area contributed by atoms with Gasteiger partial charge in [0.05, 0.1) is 121 Å². The minimum Gasteiger partial charge on any atom is -0.508 e. The molecule has 20 N–H and O–H groups in total. The van der Waals surface area contributed by atoms with Crippen molar-refractivity contribution >= 4 is 135 Å². The Morgan fingerprint density at radius 3 is 1.39 bits per heavy atom. The number of aliphatic hydroxyl groups is 4. The highest BCUT2D eigenvalue weighted by atomic mass is 32.2. The van der Waals surface area contributed by atoms with E-state index in [-0.39, 0.29) is 109 Å². The van der Waals surface area contributed by atoms with E-state index < -0.39 is 298 Å². The van der Waals surface area contributed by atoms with Gasteiger partial charge in [-0.05, 0) is 137 Å². The number of Topliss-reactive ketones (excluding diaryl/α,β-unsaturated/α-hetero) is 8. The SMILES string of the molecule is CC[C@H](C)[C@H](NC(=O)[C@H](CO)CC(=O)[C@H](Cc1ccc(O)cc1)NC(=O)[C@H](CC(=O)O)CC(=O)[C@H](CO)NC(=O)[C@@H](CC(=O)[C@H](Cc1ccccc1)NC(=O)[C@@H](CC(=O)CNC(=O)[C@H](CCC(=O)O)CC(=O)CSCC(=O)CCCN1C(=O)c2ccccc2C1=O)[C@@H](C)O)[C@@H](C)O)C(=O)C[C@@H](Cc1ccc(O)cc1)C(=O)N[C@@H](CC(C)C)C(=O)C[C@@H](CC(=O)O)C(=O)N[C@H](C)CCCNC(=N)N. The van der Waals surface area contributed by atoms with Crippen LogP contribution in [0, 0.1) is 58.7 Å². The van der Waals surface area contributed by atoms with E-state index >= 15 is 0 Å². The van der Waals surface area contributed by atoms with Crippen LogP contribution in [-0.4, -0.2) is 267 Å². The number of nitrogens with one attached hydrogen (secondary N) is 9. The van der Waals surface area contributed by atoms with Gasteiger partial charge in [-0.25, -0.2) is 0 Å². The third-order valence-electron chi connectivity index (χ3n) is 23.5. The number of aliphatic carboxylic acids is 3. The van der Waals surface area contributed by atoms with Crippen molar-refractivity contribution in [1.29, 1.82) is 5.41 Å². The van der Waals surface area contributed by atoms with Gasteiger partial charge in [0.15, 0.2) is 40.7 Å². The van der Waals surface area contributed by atoms with Gasteiger partial charge in [-0.2, -0.15) is 0 Å². The number of imide groups is 1. The summed E-state index contributed by atoms with van der Waals surface area (Å²) in [6.07, 6.45) is -11.4. The molecule has 1 heterocycles. The number of nitrogens with zero attached hydrogens (tertiary/aromatic N) is 1. The van der Waals surface area contributed by atoms with E-state index in [9.17, 15) is 142 Å². The molecule has 1 aliphatic heterocycles. The lowest BCUT2D eigenvalue weighted by Crippen LogP contribution is -2.52. The second-order valence-corrected chi connectivity index (χ2v) is 36.2. The Hall–Kier alpha value is -12.9. The fourth-order valence-corrected chi connectivity index (χ4v) is 16.3. The lowest BCUT2D eigenvalue weighted by atomic mass is 9.85. The minimum atomic E-state index is -2.00. The zero-order chi connectivity index (χ0) is 102. The van der Waals surface area contributed by atoms with E-state index in [1.165, 1.54) is 60.7 Å². The first-order valence-corrected chi connectivity index (χ1v) is 46.6. The number of carboxylic acid groups (broad SMARTS) is 3. The Morgan fingerprint density at radius 2 is 0.876 bits per heavy atom. The number of aromatic hydroxyl groups is 2. The number of rotatable bonds is 67. The summed E-state index contributed by atoms with van der Waals surface area (Å²) in [5.74, 6) is -31.9. The highest BCUT2D eigenvalue weighted by molar-refractivity contribution is 8.00. The summed E-state index contributed by atoms with van der Waals surface area (Å²) in [4.78, 5) is 275. The number of carbonyl (C=O) groups excluding carboxylic acids is 17. The first-order valence-electron chi connectivity index (χ1n) is 45.5. The topological polar surface area (TPSA) is 673 Å². The van der Waals surface area contributed by atoms with Gasteiger partial charge < -0.3 is 94.2 Å². The Bertz CT molecular complexity index is 4860. The maximum Gasteiger partial charge on any atom is 0.304 e. The van der Waals surface area contributed by atoms with Crippen molar-refractivity contribution in [2.24, 2.45) is 59.0 Å². The minimum absolute atomic E-state index is 0.00119. The summed E-state index contributed by atoms with van der Waals surface area (Å²) < 4.78 is 0. The van der Waals surface area contributed by atoms with Gasteiger partial charge in [-0.15, -0.1) is 11.8 Å². The van der Waals surface area contributed by atoms with E-state index in [2.05, 4.69) is 42.5 Å². The van der Waals surface area contributed by atoms with Crippen LogP contribution in [0.5, 0.6) is 11.5 Å². The molecule has 0 spiro atoms. The molecule has 0 aromatic heterocycles. The number of thioether (sulfide) groups is 1. The number of amides is 9. The number of ketones is 8. The van der Waals surface area contributed by atoms with Crippen LogP contribution in [0.15, 0.2) is 103 Å². The Kier molecular flexibility index (Phi) is 48.4. The highest BCUT2D eigenvalue weighted by Gasteiger charge is 2.42. The summed E-state index contributed by atoms with van der Waals surface area (Å²) in [6, 6.07) is 16.4. The fourth-order valence-electron chi connectivity index (χ4n) is 15.5. The number of carbonyl (C=O) groups is 20. The highest BCUT2D eigenvalue weighted by Crippen LogP contribution is 2.28. The molecule has 0 aliphatic carbocycles. The summed E-state index contributed by atoms with van der Waals surface area (Å²) >= 11 is 0.928. The fraction of sp³-hybridized carbons (Fsp3) is 0.531. The van der Waals surface area contributed by atoms with E-state index in [4.69, 9.17) is 11.1 Å². The first kappa shape index (κ1) is 115. The van der Waals surface area contributed by atoms with Crippen LogP contribution in [-0.2, 0) is 106 Å². The molecule has 9 amide bonds. The van der Waals surface area contributed by atoms with Crippen molar-refractivity contribution < 1.29 is 142 Å². The smallest absolute Gasteiger partial charge is 0.304 e. The molecule has 40 nitrogen and oxygen atoms in total. The van der Waals surface area contributed by atoms with Gasteiger partial charge in [0.1, 0.15) is 29.1 Å². The van der Waals surface area contributed by atoms with Crippen molar-refractivity contribution in [3.05, 3.63) is 131 Å². The Labute approximate surface area is 797 Å². The molecule has 0 bridgehead atoms. The van der Waals surface area contributed by atoms with Gasteiger partial charge in [-0.1, -0.05) is 101 Å². The molecule has 0 saturated heterocycles. The zero-order valence-electron chi connectivity index (χ0n) is 77.8. The van der Waals surface area contributed by atoms with Crippen LogP contribution in [0.25, 0.3) is 0 Å². The van der Waals surface area contributed by atoms with Crippen LogP contribution in [0.3, 0.4) is 0 Å². The van der Waals surface area contributed by atoms with E-state index in [0.29, 0.717) is 30.5 Å². The molecule has 0 saturated carbocycles. The number of phenols is 2. The molecule has 16 atom stereocenters. The van der Waals surface area contributed by atoms with Crippen LogP contribution in [0.1, 0.15) is 195 Å². The van der Waals surface area contributed by atoms with Crippen molar-refractivity contribution in [1.82, 2.24) is 47.4 Å². The van der Waals surface area contributed by atoms with Gasteiger partial charge in [0.25, 0.3) is 11.8 Å². The van der Waals surface area contributed by atoms with Gasteiger partial charge in [-0.3, -0.25) is 106 Å². The molecule has 0 radical (unpaired) electrons. The number of carboxylic acids is 3. The van der Waals surface area contributed by atoms with Crippen molar-refractivity contribution in [3.8, 4) is 11.5 Å². The largest absolute Gasteiger partial charge is 0.508 e. The molecule has 137 heavy (non-hydrogen) atoms. The van der Waals surface area contributed by atoms with E-state index in [0.717, 1.165) is 30.5 Å². The van der Waals surface area contributed by atoms with Gasteiger partial charge >= 0.3 is 17.9 Å². The van der Waals surface area contributed by atoms with Crippen molar-refractivity contribution in [2.75, 3.05) is 44.4 Å². The third kappa shape index (κ3) is 39.8. The average Bonchev–Trinajstić information content (AvgIpc) is 1.64. The number of aliphatic hydroxyl groups excluding tert-OH is 4. The predicted octanol–water partition coefficient (Wildman–Crippen LogP) is 2.49. The van der Waals surface area contributed by atoms with Crippen LogP contribution in [0.4, 0.5) is 0 Å². The normalized spacial score (nSPS) is 15.3.